The van der Waals surface area contributed by atoms with Crippen LogP contribution >= 0.6 is 23.1 Å². The molecule has 4 atom stereocenters. The summed E-state index contributed by atoms with van der Waals surface area (Å²) in [6.45, 7) is 7.31. The second-order valence-corrected chi connectivity index (χ2v) is 9.67. The first-order chi connectivity index (χ1) is 12.3. The van der Waals surface area contributed by atoms with Crippen LogP contribution in [-0.2, 0) is 25.5 Å². The zero-order valence-electron chi connectivity index (χ0n) is 14.6. The number of amides is 1. The molecule has 3 rings (SSSR count). The number of rotatable bonds is 7. The lowest BCUT2D eigenvalue weighted by molar-refractivity contribution is -0.172. The Labute approximate surface area is 160 Å². The normalized spacial score (nSPS) is 27.4. The number of Topliss-reactive ketones (excluding diaryl/α,β-unsaturated/α-hetero) is 1. The molecule has 2 aliphatic rings. The quantitative estimate of drug-likeness (QED) is 0.429. The molecule has 6 nitrogen and oxygen atoms in total. The van der Waals surface area contributed by atoms with Crippen LogP contribution in [0.1, 0.15) is 18.7 Å². The van der Waals surface area contributed by atoms with Crippen molar-refractivity contribution in [2.45, 2.75) is 42.5 Å². The summed E-state index contributed by atoms with van der Waals surface area (Å²) < 4.78 is 4.57. The van der Waals surface area contributed by atoms with Gasteiger partial charge in [0.15, 0.2) is 5.78 Å². The first-order valence-electron chi connectivity index (χ1n) is 8.28. The number of fused-ring (bicyclic) bond motifs is 1. The van der Waals surface area contributed by atoms with Gasteiger partial charge < -0.3 is 14.7 Å². The predicted octanol–water partition coefficient (Wildman–Crippen LogP) is 1.63. The van der Waals surface area contributed by atoms with Gasteiger partial charge in [0.2, 0.25) is 5.91 Å². The van der Waals surface area contributed by atoms with Gasteiger partial charge in [0.05, 0.1) is 5.37 Å². The molecular weight excluding hydrogens is 374 g/mol. The Hall–Kier alpha value is -1.64. The molecule has 2 fully saturated rings. The maximum Gasteiger partial charge on any atom is 0.330 e. The highest BCUT2D eigenvalue weighted by atomic mass is 32.2. The van der Waals surface area contributed by atoms with E-state index in [0.29, 0.717) is 0 Å². The fourth-order valence-electron chi connectivity index (χ4n) is 3.42. The van der Waals surface area contributed by atoms with E-state index in [2.05, 4.69) is 6.58 Å². The second-order valence-electron chi connectivity index (χ2n) is 6.87. The Balaban J connectivity index is 1.72. The minimum absolute atomic E-state index is 0.0775. The molecule has 0 radical (unpaired) electrons. The molecule has 2 aliphatic heterocycles. The fourth-order valence-corrected chi connectivity index (χ4v) is 5.85. The van der Waals surface area contributed by atoms with Gasteiger partial charge in [-0.05, 0) is 25.3 Å². The van der Waals surface area contributed by atoms with Crippen molar-refractivity contribution in [1.29, 1.82) is 0 Å². The number of carbonyl (C=O) groups excluding carboxylic acids is 3. The Bertz CT molecular complexity index is 730. The number of thiophene rings is 1. The number of ketones is 1. The predicted molar refractivity (Wildman–Crippen MR) is 99.8 cm³/mol. The lowest BCUT2D eigenvalue weighted by atomic mass is 9.85. The van der Waals surface area contributed by atoms with E-state index in [4.69, 9.17) is 4.74 Å². The van der Waals surface area contributed by atoms with Crippen molar-refractivity contribution in [1.82, 2.24) is 4.90 Å². The van der Waals surface area contributed by atoms with Crippen molar-refractivity contribution in [3.8, 4) is 0 Å². The topological polar surface area (TPSA) is 83.9 Å². The van der Waals surface area contributed by atoms with Crippen LogP contribution in [0.25, 0.3) is 0 Å². The molecule has 1 aromatic heterocycles. The summed E-state index contributed by atoms with van der Waals surface area (Å²) in [6, 6.07) is 2.93. The van der Waals surface area contributed by atoms with Gasteiger partial charge in [0.25, 0.3) is 0 Å². The number of ether oxygens (including phenoxy) is 1. The number of aliphatic hydroxyl groups is 1. The highest BCUT2D eigenvalue weighted by Gasteiger charge is 2.66. The fraction of sp³-hybridized carbons (Fsp3) is 0.500. The van der Waals surface area contributed by atoms with Crippen LogP contribution in [0.15, 0.2) is 30.2 Å². The van der Waals surface area contributed by atoms with Crippen molar-refractivity contribution < 1.29 is 24.2 Å². The summed E-state index contributed by atoms with van der Waals surface area (Å²) in [5, 5.41) is 11.9. The Kier molecular flexibility index (Phi) is 5.28. The number of aliphatic hydroxyl groups excluding tert-OH is 1. The SMILES string of the molecule is C=CCOC(=O)[C@@H]1N2C(=O)[C@@H]([C@H](O)C(=O)Cc3cccs3)[C@H]2SC1(C)C. The average Bonchev–Trinajstić information content (AvgIpc) is 3.16. The van der Waals surface area contributed by atoms with E-state index < -0.39 is 34.2 Å². The van der Waals surface area contributed by atoms with E-state index in [0.717, 1.165) is 4.88 Å². The van der Waals surface area contributed by atoms with Crippen LogP contribution in [0, 0.1) is 5.92 Å². The highest BCUT2D eigenvalue weighted by molar-refractivity contribution is 8.01. The van der Waals surface area contributed by atoms with Crippen molar-refractivity contribution in [3.63, 3.8) is 0 Å². The van der Waals surface area contributed by atoms with Crippen LogP contribution in [0.5, 0.6) is 0 Å². The molecule has 3 heterocycles. The van der Waals surface area contributed by atoms with Gasteiger partial charge in [-0.15, -0.1) is 23.1 Å². The smallest absolute Gasteiger partial charge is 0.330 e. The first kappa shape index (κ1) is 19.1. The van der Waals surface area contributed by atoms with Gasteiger partial charge in [0.1, 0.15) is 24.7 Å². The van der Waals surface area contributed by atoms with Gasteiger partial charge in [-0.3, -0.25) is 9.59 Å². The number of carbonyl (C=O) groups is 3. The average molecular weight is 396 g/mol. The lowest BCUT2D eigenvalue weighted by Gasteiger charge is -2.45. The number of β-lactam (4-membered cyclic amide) rings is 1. The molecular formula is C18H21NO5S2. The third-order valence-corrected chi connectivity index (χ3v) is 7.12. The van der Waals surface area contributed by atoms with Crippen molar-refractivity contribution in [2.75, 3.05) is 6.61 Å². The second kappa shape index (κ2) is 7.17. The summed E-state index contributed by atoms with van der Waals surface area (Å²) >= 11 is 2.86. The van der Waals surface area contributed by atoms with E-state index in [1.165, 1.54) is 34.1 Å². The van der Waals surface area contributed by atoms with Gasteiger partial charge in [-0.2, -0.15) is 0 Å². The summed E-state index contributed by atoms with van der Waals surface area (Å²) in [7, 11) is 0. The zero-order chi connectivity index (χ0) is 19.1. The molecule has 0 bridgehead atoms. The van der Waals surface area contributed by atoms with Crippen molar-refractivity contribution in [3.05, 3.63) is 35.0 Å². The van der Waals surface area contributed by atoms with E-state index >= 15 is 0 Å². The molecule has 2 saturated heterocycles. The number of nitrogens with zero attached hydrogens (tertiary/aromatic N) is 1. The number of hydrogen-bond donors (Lipinski definition) is 1. The molecule has 0 unspecified atom stereocenters. The third-order valence-electron chi connectivity index (χ3n) is 4.65. The Morgan fingerprint density at radius 2 is 2.23 bits per heavy atom. The van der Waals surface area contributed by atoms with Gasteiger partial charge >= 0.3 is 5.97 Å². The summed E-state index contributed by atoms with van der Waals surface area (Å²) in [4.78, 5) is 39.7. The number of hydrogen-bond acceptors (Lipinski definition) is 7. The number of esters is 1. The maximum absolute atomic E-state index is 12.6. The molecule has 0 aliphatic carbocycles. The molecule has 0 spiro atoms. The summed E-state index contributed by atoms with van der Waals surface area (Å²) in [5.74, 6) is -2.05. The van der Waals surface area contributed by atoms with Crippen molar-refractivity contribution in [2.24, 2.45) is 5.92 Å². The van der Waals surface area contributed by atoms with Crippen LogP contribution in [0.4, 0.5) is 0 Å². The maximum atomic E-state index is 12.6. The molecule has 1 amide bonds. The van der Waals surface area contributed by atoms with Crippen LogP contribution in [-0.4, -0.2) is 56.5 Å². The third kappa shape index (κ3) is 3.21. The van der Waals surface area contributed by atoms with E-state index in [-0.39, 0.29) is 24.7 Å². The molecule has 8 heteroatoms. The van der Waals surface area contributed by atoms with Crippen molar-refractivity contribution >= 4 is 40.8 Å². The van der Waals surface area contributed by atoms with E-state index in [9.17, 15) is 19.5 Å². The first-order valence-corrected chi connectivity index (χ1v) is 10.0. The van der Waals surface area contributed by atoms with Crippen LogP contribution < -0.4 is 0 Å². The van der Waals surface area contributed by atoms with Gasteiger partial charge in [-0.1, -0.05) is 18.7 Å². The molecule has 1 aromatic rings. The molecule has 26 heavy (non-hydrogen) atoms. The zero-order valence-corrected chi connectivity index (χ0v) is 16.2. The molecule has 1 N–H and O–H groups in total. The Morgan fingerprint density at radius 1 is 1.50 bits per heavy atom. The highest BCUT2D eigenvalue weighted by Crippen LogP contribution is 2.54. The number of thioether (sulfide) groups is 1. The molecule has 0 aromatic carbocycles. The summed E-state index contributed by atoms with van der Waals surface area (Å²) in [5.41, 5.74) is 0. The Morgan fingerprint density at radius 3 is 2.85 bits per heavy atom. The van der Waals surface area contributed by atoms with Gasteiger partial charge in [-0.25, -0.2) is 4.79 Å². The monoisotopic (exact) mass is 395 g/mol. The summed E-state index contributed by atoms with van der Waals surface area (Å²) in [6.07, 6.45) is 0.212. The van der Waals surface area contributed by atoms with Gasteiger partial charge in [0, 0.05) is 16.0 Å². The largest absolute Gasteiger partial charge is 0.460 e. The van der Waals surface area contributed by atoms with E-state index in [1.54, 1.807) is 0 Å². The minimum Gasteiger partial charge on any atom is -0.460 e. The van der Waals surface area contributed by atoms with Crippen LogP contribution in [0.3, 0.4) is 0 Å². The van der Waals surface area contributed by atoms with E-state index in [1.807, 2.05) is 31.4 Å². The molecule has 140 valence electrons. The lowest BCUT2D eigenvalue weighted by Crippen LogP contribution is -2.66. The standard InChI is InChI=1S/C18H21NO5S2/c1-4-7-24-17(23)14-18(2,3)26-16-12(15(22)19(14)16)13(21)11(20)9-10-6-5-8-25-10/h4-6,8,12-14,16,21H,1,7,9H2,2-3H3/t12-,13-,14+,16-/m1/s1. The van der Waals surface area contributed by atoms with Crippen LogP contribution in [0.2, 0.25) is 0 Å². The minimum atomic E-state index is -1.36. The molecule has 0 saturated carbocycles.